The smallest absolute Gasteiger partial charge is 0.198 e. The van der Waals surface area contributed by atoms with E-state index in [0.717, 1.165) is 6.39 Å². The monoisotopic (exact) mass is 136 g/mol. The van der Waals surface area contributed by atoms with E-state index in [9.17, 15) is 4.79 Å². The van der Waals surface area contributed by atoms with Gasteiger partial charge in [-0.3, -0.25) is 4.79 Å². The Bertz CT molecular complexity index is 258. The van der Waals surface area contributed by atoms with Crippen LogP contribution < -0.4 is 0 Å². The molecule has 0 radical (unpaired) electrons. The lowest BCUT2D eigenvalue weighted by Gasteiger charge is -1.82. The minimum Gasteiger partial charge on any atom is -0.451 e. The molecule has 0 saturated heterocycles. The van der Waals surface area contributed by atoms with Crippen LogP contribution in [-0.4, -0.2) is 10.8 Å². The number of hydrogen-bond donors (Lipinski definition) is 0. The maximum absolute atomic E-state index is 10.8. The summed E-state index contributed by atoms with van der Waals surface area (Å²) in [6.45, 7) is 0. The Hall–Kier alpha value is -1.63. The zero-order valence-corrected chi connectivity index (χ0v) is 5.07. The summed E-state index contributed by atoms with van der Waals surface area (Å²) in [5.41, 5.74) is 0.210. The van der Waals surface area contributed by atoms with Crippen LogP contribution in [0.1, 0.15) is 16.9 Å². The lowest BCUT2D eigenvalue weighted by Crippen LogP contribution is -1.96. The fourth-order valence-corrected chi connectivity index (χ4v) is 0.513. The van der Waals surface area contributed by atoms with Crippen molar-refractivity contribution in [3.8, 4) is 6.07 Å². The molecule has 1 heterocycles. The van der Waals surface area contributed by atoms with E-state index >= 15 is 0 Å². The summed E-state index contributed by atoms with van der Waals surface area (Å²) in [6, 6.07) is 1.72. The molecule has 0 fully saturated rings. The third-order valence-corrected chi connectivity index (χ3v) is 0.958. The molecule has 0 aliphatic rings. The Labute approximate surface area is 57.1 Å². The molecule has 4 heteroatoms. The predicted octanol–water partition coefficient (Wildman–Crippen LogP) is 0.771. The molecule has 0 spiro atoms. The lowest BCUT2D eigenvalue weighted by atomic mass is 10.2. The van der Waals surface area contributed by atoms with Crippen molar-refractivity contribution in [2.24, 2.45) is 0 Å². The fraction of sp³-hybridized carbons (Fsp3) is 0.167. The topological polar surface area (TPSA) is 66.9 Å². The highest BCUT2D eigenvalue weighted by molar-refractivity contribution is 5.95. The largest absolute Gasteiger partial charge is 0.451 e. The number of rotatable bonds is 2. The van der Waals surface area contributed by atoms with E-state index in [0.29, 0.717) is 0 Å². The summed E-state index contributed by atoms with van der Waals surface area (Å²) in [5, 5.41) is 8.11. The second kappa shape index (κ2) is 2.78. The predicted molar refractivity (Wildman–Crippen MR) is 31.1 cm³/mol. The van der Waals surface area contributed by atoms with E-state index in [4.69, 9.17) is 5.26 Å². The first-order valence-electron chi connectivity index (χ1n) is 2.63. The molecular formula is C6H4N2O2. The molecule has 1 aromatic heterocycles. The van der Waals surface area contributed by atoms with E-state index in [1.54, 1.807) is 6.07 Å². The van der Waals surface area contributed by atoms with Gasteiger partial charge in [0.2, 0.25) is 0 Å². The zero-order chi connectivity index (χ0) is 7.40. The Kier molecular flexibility index (Phi) is 1.80. The van der Waals surface area contributed by atoms with Crippen LogP contribution in [0.3, 0.4) is 0 Å². The molecule has 0 unspecified atom stereocenters. The van der Waals surface area contributed by atoms with Crippen molar-refractivity contribution in [2.45, 2.75) is 6.42 Å². The third kappa shape index (κ3) is 1.20. The summed E-state index contributed by atoms with van der Waals surface area (Å²) in [7, 11) is 0. The van der Waals surface area contributed by atoms with Crippen LogP contribution >= 0.6 is 0 Å². The molecule has 0 saturated carbocycles. The van der Waals surface area contributed by atoms with E-state index in [2.05, 4.69) is 9.40 Å². The van der Waals surface area contributed by atoms with Crippen molar-refractivity contribution in [3.05, 3.63) is 18.4 Å². The van der Waals surface area contributed by atoms with Crippen molar-refractivity contribution in [1.29, 1.82) is 5.26 Å². The number of Topliss-reactive ketones (excluding diaryl/α,β-unsaturated/α-hetero) is 1. The van der Waals surface area contributed by atoms with Crippen LogP contribution in [0.15, 0.2) is 17.1 Å². The van der Waals surface area contributed by atoms with Crippen molar-refractivity contribution >= 4 is 5.78 Å². The number of oxazole rings is 1. The zero-order valence-electron chi connectivity index (χ0n) is 5.07. The van der Waals surface area contributed by atoms with Gasteiger partial charge in [0.1, 0.15) is 18.4 Å². The van der Waals surface area contributed by atoms with Crippen molar-refractivity contribution in [1.82, 2.24) is 4.98 Å². The molecule has 0 atom stereocenters. The van der Waals surface area contributed by atoms with Gasteiger partial charge in [-0.25, -0.2) is 4.98 Å². The number of nitrogens with zero attached hydrogens (tertiary/aromatic N) is 2. The van der Waals surface area contributed by atoms with Gasteiger partial charge in [-0.05, 0) is 0 Å². The molecule has 0 amide bonds. The highest BCUT2D eigenvalue weighted by Crippen LogP contribution is 1.97. The van der Waals surface area contributed by atoms with Crippen molar-refractivity contribution in [2.75, 3.05) is 0 Å². The molecule has 1 rings (SSSR count). The lowest BCUT2D eigenvalue weighted by molar-refractivity contribution is 0.0993. The summed E-state index contributed by atoms with van der Waals surface area (Å²) in [4.78, 5) is 14.3. The van der Waals surface area contributed by atoms with Gasteiger partial charge in [-0.2, -0.15) is 5.26 Å². The SMILES string of the molecule is N#CCC(=O)c1cocn1. The average molecular weight is 136 g/mol. The molecule has 0 aromatic carbocycles. The van der Waals surface area contributed by atoms with Crippen LogP contribution in [-0.2, 0) is 0 Å². The highest BCUT2D eigenvalue weighted by atomic mass is 16.3. The number of hydrogen-bond acceptors (Lipinski definition) is 4. The Balaban J connectivity index is 2.71. The van der Waals surface area contributed by atoms with Crippen LogP contribution in [0.5, 0.6) is 0 Å². The minimum atomic E-state index is -0.309. The molecule has 0 aliphatic heterocycles. The van der Waals surface area contributed by atoms with Crippen LogP contribution in [0, 0.1) is 11.3 Å². The van der Waals surface area contributed by atoms with Gasteiger partial charge in [-0.15, -0.1) is 0 Å². The summed E-state index contributed by atoms with van der Waals surface area (Å²) < 4.78 is 4.54. The van der Waals surface area contributed by atoms with Gasteiger partial charge in [-0.1, -0.05) is 0 Å². The molecular weight excluding hydrogens is 132 g/mol. The number of nitriles is 1. The number of ketones is 1. The van der Waals surface area contributed by atoms with Crippen molar-refractivity contribution < 1.29 is 9.21 Å². The van der Waals surface area contributed by atoms with E-state index < -0.39 is 0 Å². The Morgan fingerprint density at radius 3 is 3.20 bits per heavy atom. The fourth-order valence-electron chi connectivity index (χ4n) is 0.513. The Morgan fingerprint density at radius 1 is 1.90 bits per heavy atom. The summed E-state index contributed by atoms with van der Waals surface area (Å²) in [5.74, 6) is -0.309. The average Bonchev–Trinajstić information content (AvgIpc) is 2.38. The Morgan fingerprint density at radius 2 is 2.70 bits per heavy atom. The third-order valence-electron chi connectivity index (χ3n) is 0.958. The quantitative estimate of drug-likeness (QED) is 0.563. The first kappa shape index (κ1) is 6.49. The van der Waals surface area contributed by atoms with Gasteiger partial charge < -0.3 is 4.42 Å². The molecule has 4 nitrogen and oxygen atoms in total. The van der Waals surface area contributed by atoms with Crippen LogP contribution in [0.25, 0.3) is 0 Å². The maximum Gasteiger partial charge on any atom is 0.198 e. The minimum absolute atomic E-state index is 0.146. The molecule has 0 N–H and O–H groups in total. The normalized spacial score (nSPS) is 8.70. The molecule has 10 heavy (non-hydrogen) atoms. The van der Waals surface area contributed by atoms with Gasteiger partial charge in [0.15, 0.2) is 12.2 Å². The second-order valence-corrected chi connectivity index (χ2v) is 1.63. The second-order valence-electron chi connectivity index (χ2n) is 1.63. The van der Waals surface area contributed by atoms with E-state index in [1.807, 2.05) is 0 Å². The molecule has 0 aliphatic carbocycles. The highest BCUT2D eigenvalue weighted by Gasteiger charge is 2.06. The number of carbonyl (C=O) groups is 1. The molecule has 0 bridgehead atoms. The number of carbonyl (C=O) groups excluding carboxylic acids is 1. The summed E-state index contributed by atoms with van der Waals surface area (Å²) in [6.07, 6.45) is 2.23. The first-order chi connectivity index (χ1) is 4.84. The van der Waals surface area contributed by atoms with E-state index in [-0.39, 0.29) is 17.9 Å². The van der Waals surface area contributed by atoms with Gasteiger partial charge >= 0.3 is 0 Å². The van der Waals surface area contributed by atoms with Gasteiger partial charge in [0.25, 0.3) is 0 Å². The van der Waals surface area contributed by atoms with E-state index in [1.165, 1.54) is 6.26 Å². The number of aromatic nitrogens is 1. The van der Waals surface area contributed by atoms with Crippen molar-refractivity contribution in [3.63, 3.8) is 0 Å². The summed E-state index contributed by atoms with van der Waals surface area (Å²) >= 11 is 0. The van der Waals surface area contributed by atoms with Gasteiger partial charge in [0, 0.05) is 0 Å². The van der Waals surface area contributed by atoms with Crippen LogP contribution in [0.2, 0.25) is 0 Å². The first-order valence-corrected chi connectivity index (χ1v) is 2.63. The van der Waals surface area contributed by atoms with Gasteiger partial charge in [0.05, 0.1) is 6.07 Å². The van der Waals surface area contributed by atoms with Crippen LogP contribution in [0.4, 0.5) is 0 Å². The standard InChI is InChI=1S/C6H4N2O2/c7-2-1-6(9)5-3-10-4-8-5/h3-4H,1H2. The molecule has 50 valence electrons. The maximum atomic E-state index is 10.8. The molecule has 1 aromatic rings.